The third-order valence-electron chi connectivity index (χ3n) is 3.96. The molecule has 8 heteroatoms. The third-order valence-corrected chi connectivity index (χ3v) is 4.64. The molecule has 0 aliphatic carbocycles. The van der Waals surface area contributed by atoms with E-state index in [1.165, 1.54) is 18.3 Å². The van der Waals surface area contributed by atoms with E-state index in [1.807, 2.05) is 36.4 Å². The van der Waals surface area contributed by atoms with Gasteiger partial charge in [0.1, 0.15) is 11.0 Å². The molecule has 0 saturated heterocycles. The Balaban J connectivity index is 1.90. The average molecular weight is 416 g/mol. The summed E-state index contributed by atoms with van der Waals surface area (Å²) in [5.74, 6) is -0.787. The van der Waals surface area contributed by atoms with Crippen LogP contribution >= 0.6 is 23.2 Å². The second kappa shape index (κ2) is 8.73. The Bertz CT molecular complexity index is 1040. The van der Waals surface area contributed by atoms with Crippen LogP contribution in [0.25, 0.3) is 0 Å². The lowest BCUT2D eigenvalue weighted by Gasteiger charge is -2.15. The summed E-state index contributed by atoms with van der Waals surface area (Å²) in [6.45, 7) is 0. The molecule has 3 aromatic rings. The molecule has 0 radical (unpaired) electrons. The number of hydrogen-bond acceptors (Lipinski definition) is 5. The van der Waals surface area contributed by atoms with Crippen molar-refractivity contribution in [2.75, 3.05) is 5.32 Å². The standard InChI is InChI=1S/C20H15Cl2N3O3/c21-17-9-14(20(26)27)10-18(25-17)24-15-6-3-5-12(8-15)19(22)16-7-2-1-4-13(16)11-23-28/h1-11,19,28H,(H,24,25)(H,26,27)/b23-11+. The van der Waals surface area contributed by atoms with Crippen LogP contribution in [0.1, 0.15) is 32.4 Å². The lowest BCUT2D eigenvalue weighted by molar-refractivity contribution is 0.0697. The number of rotatable bonds is 6. The molecule has 2 aromatic carbocycles. The predicted octanol–water partition coefficient (Wildman–Crippen LogP) is 5.31. The van der Waals surface area contributed by atoms with Crippen LogP contribution in [0.4, 0.5) is 11.5 Å². The fourth-order valence-electron chi connectivity index (χ4n) is 2.71. The highest BCUT2D eigenvalue weighted by molar-refractivity contribution is 6.29. The number of nitrogens with zero attached hydrogens (tertiary/aromatic N) is 2. The smallest absolute Gasteiger partial charge is 0.335 e. The van der Waals surface area contributed by atoms with Gasteiger partial charge >= 0.3 is 5.97 Å². The SMILES string of the molecule is O=C(O)c1cc(Cl)nc(Nc2cccc(C(Cl)c3ccccc3/C=N/O)c2)c1. The molecule has 6 nitrogen and oxygen atoms in total. The zero-order valence-corrected chi connectivity index (χ0v) is 15.9. The molecule has 0 saturated carbocycles. The second-order valence-electron chi connectivity index (χ2n) is 5.86. The van der Waals surface area contributed by atoms with Gasteiger partial charge in [0.2, 0.25) is 0 Å². The number of oxime groups is 1. The maximum atomic E-state index is 11.2. The van der Waals surface area contributed by atoms with Crippen LogP contribution in [0.3, 0.4) is 0 Å². The van der Waals surface area contributed by atoms with Crippen LogP contribution < -0.4 is 5.32 Å². The first-order valence-corrected chi connectivity index (χ1v) is 8.97. The average Bonchev–Trinajstić information content (AvgIpc) is 2.68. The van der Waals surface area contributed by atoms with Gasteiger partial charge in [-0.3, -0.25) is 0 Å². The zero-order chi connectivity index (χ0) is 20.1. The zero-order valence-electron chi connectivity index (χ0n) is 14.4. The minimum atomic E-state index is -1.09. The van der Waals surface area contributed by atoms with E-state index in [0.29, 0.717) is 17.1 Å². The first-order chi connectivity index (χ1) is 13.5. The van der Waals surface area contributed by atoms with Crippen LogP contribution in [-0.2, 0) is 0 Å². The van der Waals surface area contributed by atoms with Gasteiger partial charge in [-0.25, -0.2) is 9.78 Å². The van der Waals surface area contributed by atoms with Crippen molar-refractivity contribution in [1.82, 2.24) is 4.98 Å². The number of benzene rings is 2. The van der Waals surface area contributed by atoms with Crippen LogP contribution in [0.2, 0.25) is 5.15 Å². The van der Waals surface area contributed by atoms with Crippen molar-refractivity contribution in [3.8, 4) is 0 Å². The fraction of sp³-hybridized carbons (Fsp3) is 0.0500. The van der Waals surface area contributed by atoms with Crippen LogP contribution in [-0.4, -0.2) is 27.5 Å². The largest absolute Gasteiger partial charge is 0.478 e. The van der Waals surface area contributed by atoms with Gasteiger partial charge in [-0.1, -0.05) is 53.2 Å². The molecule has 1 unspecified atom stereocenters. The number of carbonyl (C=O) groups is 1. The fourth-order valence-corrected chi connectivity index (χ4v) is 3.25. The first kappa shape index (κ1) is 19.7. The van der Waals surface area contributed by atoms with E-state index in [2.05, 4.69) is 15.5 Å². The van der Waals surface area contributed by atoms with Crippen molar-refractivity contribution >= 4 is 46.9 Å². The molecular formula is C20H15Cl2N3O3. The van der Waals surface area contributed by atoms with Gasteiger partial charge in [-0.2, -0.15) is 0 Å². The van der Waals surface area contributed by atoms with E-state index >= 15 is 0 Å². The van der Waals surface area contributed by atoms with Crippen molar-refractivity contribution in [3.63, 3.8) is 0 Å². The second-order valence-corrected chi connectivity index (χ2v) is 6.68. The van der Waals surface area contributed by atoms with Crippen molar-refractivity contribution in [3.05, 3.63) is 88.1 Å². The van der Waals surface area contributed by atoms with Gasteiger partial charge in [0, 0.05) is 11.3 Å². The van der Waals surface area contributed by atoms with E-state index in [-0.39, 0.29) is 10.7 Å². The quantitative estimate of drug-likeness (QED) is 0.166. The molecule has 1 heterocycles. The van der Waals surface area contributed by atoms with E-state index in [9.17, 15) is 4.79 Å². The number of hydrogen-bond donors (Lipinski definition) is 3. The maximum absolute atomic E-state index is 11.2. The molecule has 0 spiro atoms. The molecule has 3 rings (SSSR count). The summed E-state index contributed by atoms with van der Waals surface area (Å²) in [5, 5.41) is 23.7. The Morgan fingerprint density at radius 1 is 1.14 bits per heavy atom. The summed E-state index contributed by atoms with van der Waals surface area (Å²) < 4.78 is 0. The Morgan fingerprint density at radius 3 is 2.68 bits per heavy atom. The summed E-state index contributed by atoms with van der Waals surface area (Å²) in [6, 6.07) is 17.3. The van der Waals surface area contributed by atoms with E-state index in [0.717, 1.165) is 11.1 Å². The first-order valence-electron chi connectivity index (χ1n) is 8.16. The molecule has 0 bridgehead atoms. The molecule has 0 aliphatic heterocycles. The van der Waals surface area contributed by atoms with Gasteiger partial charge in [0.05, 0.1) is 17.2 Å². The number of halogens is 2. The molecular weight excluding hydrogens is 401 g/mol. The summed E-state index contributed by atoms with van der Waals surface area (Å²) in [5.41, 5.74) is 2.98. The summed E-state index contributed by atoms with van der Waals surface area (Å²) in [7, 11) is 0. The molecule has 0 amide bonds. The number of anilines is 2. The summed E-state index contributed by atoms with van der Waals surface area (Å²) in [4.78, 5) is 15.3. The highest BCUT2D eigenvalue weighted by Crippen LogP contribution is 2.32. The van der Waals surface area contributed by atoms with Gasteiger partial charge in [-0.15, -0.1) is 11.6 Å². The number of nitrogens with one attached hydrogen (secondary N) is 1. The molecule has 142 valence electrons. The minimum Gasteiger partial charge on any atom is -0.478 e. The highest BCUT2D eigenvalue weighted by Gasteiger charge is 2.15. The van der Waals surface area contributed by atoms with Gasteiger partial charge in [0.15, 0.2) is 0 Å². The number of alkyl halides is 1. The van der Waals surface area contributed by atoms with E-state index < -0.39 is 11.3 Å². The van der Waals surface area contributed by atoms with E-state index in [4.69, 9.17) is 33.5 Å². The molecule has 28 heavy (non-hydrogen) atoms. The Labute approximate surface area is 171 Å². The molecule has 1 aromatic heterocycles. The molecule has 0 aliphatic rings. The molecule has 0 fully saturated rings. The van der Waals surface area contributed by atoms with Gasteiger partial charge in [0.25, 0.3) is 0 Å². The molecule has 3 N–H and O–H groups in total. The lowest BCUT2D eigenvalue weighted by atomic mass is 9.99. The number of aromatic nitrogens is 1. The topological polar surface area (TPSA) is 94.8 Å². The van der Waals surface area contributed by atoms with Crippen molar-refractivity contribution in [2.45, 2.75) is 5.38 Å². The monoisotopic (exact) mass is 415 g/mol. The lowest BCUT2D eigenvalue weighted by Crippen LogP contribution is -2.02. The predicted molar refractivity (Wildman–Crippen MR) is 109 cm³/mol. The van der Waals surface area contributed by atoms with Crippen molar-refractivity contribution < 1.29 is 15.1 Å². The Morgan fingerprint density at radius 2 is 1.93 bits per heavy atom. The van der Waals surface area contributed by atoms with Crippen molar-refractivity contribution in [1.29, 1.82) is 0 Å². The van der Waals surface area contributed by atoms with Crippen molar-refractivity contribution in [2.24, 2.45) is 5.16 Å². The summed E-state index contributed by atoms with van der Waals surface area (Å²) in [6.07, 6.45) is 1.33. The Kier molecular flexibility index (Phi) is 6.13. The van der Waals surface area contributed by atoms with E-state index in [1.54, 1.807) is 12.1 Å². The molecule has 1 atom stereocenters. The van der Waals surface area contributed by atoms with Crippen LogP contribution in [0.5, 0.6) is 0 Å². The third kappa shape index (κ3) is 4.60. The maximum Gasteiger partial charge on any atom is 0.335 e. The summed E-state index contributed by atoms with van der Waals surface area (Å²) >= 11 is 12.6. The normalized spacial score (nSPS) is 12.1. The van der Waals surface area contributed by atoms with Gasteiger partial charge in [-0.05, 0) is 35.4 Å². The van der Waals surface area contributed by atoms with Crippen LogP contribution in [0.15, 0.2) is 65.8 Å². The number of carboxylic acid groups (broad SMARTS) is 1. The number of carboxylic acids is 1. The van der Waals surface area contributed by atoms with Crippen LogP contribution in [0, 0.1) is 0 Å². The highest BCUT2D eigenvalue weighted by atomic mass is 35.5. The minimum absolute atomic E-state index is 0.0334. The van der Waals surface area contributed by atoms with Gasteiger partial charge < -0.3 is 15.6 Å². The number of pyridine rings is 1. The number of aromatic carboxylic acids is 1. The Hall–Kier alpha value is -3.09.